The number of fused-ring (bicyclic) bond motifs is 2. The molecule has 210 valence electrons. The van der Waals surface area contributed by atoms with Crippen LogP contribution in [-0.4, -0.2) is 73.6 Å². The first-order valence-corrected chi connectivity index (χ1v) is 14.7. The monoisotopic (exact) mass is 547 g/mol. The molecule has 9 nitrogen and oxygen atoms in total. The molecule has 0 atom stereocenters. The van der Waals surface area contributed by atoms with Crippen LogP contribution in [0.25, 0.3) is 33.1 Å². The Morgan fingerprint density at radius 1 is 0.878 bits per heavy atom. The number of nitrogens with zero attached hydrogens (tertiary/aromatic N) is 7. The quantitative estimate of drug-likeness (QED) is 0.301. The van der Waals surface area contributed by atoms with Gasteiger partial charge in [0, 0.05) is 67.3 Å². The van der Waals surface area contributed by atoms with Crippen molar-refractivity contribution in [2.45, 2.75) is 44.7 Å². The van der Waals surface area contributed by atoms with Crippen molar-refractivity contribution in [2.24, 2.45) is 0 Å². The molecule has 2 aromatic carbocycles. The summed E-state index contributed by atoms with van der Waals surface area (Å²) in [6.45, 7) is 6.79. The second kappa shape index (κ2) is 10.7. The molecule has 1 saturated carbocycles. The number of aromatic nitrogens is 5. The van der Waals surface area contributed by atoms with Crippen molar-refractivity contribution in [2.75, 3.05) is 44.3 Å². The minimum atomic E-state index is 0.416. The van der Waals surface area contributed by atoms with E-state index in [4.69, 9.17) is 15.7 Å². The Morgan fingerprint density at radius 2 is 1.63 bits per heavy atom. The first kappa shape index (κ1) is 25.9. The van der Waals surface area contributed by atoms with E-state index in [0.29, 0.717) is 23.8 Å². The summed E-state index contributed by atoms with van der Waals surface area (Å²) in [5.41, 5.74) is 12.6. The highest BCUT2D eigenvalue weighted by molar-refractivity contribution is 6.00. The van der Waals surface area contributed by atoms with E-state index in [0.717, 1.165) is 51.6 Å². The number of rotatable bonds is 5. The minimum absolute atomic E-state index is 0.416. The molecule has 3 N–H and O–H groups in total. The number of hydrogen-bond donors (Lipinski definition) is 2. The van der Waals surface area contributed by atoms with Crippen LogP contribution in [0, 0.1) is 6.92 Å². The fourth-order valence-electron chi connectivity index (χ4n) is 6.62. The van der Waals surface area contributed by atoms with Crippen molar-refractivity contribution in [3.8, 4) is 11.1 Å². The molecular weight excluding hydrogens is 510 g/mol. The van der Waals surface area contributed by atoms with Gasteiger partial charge in [-0.25, -0.2) is 19.9 Å². The number of anilines is 3. The molecule has 2 aliphatic rings. The molecule has 0 unspecified atom stereocenters. The van der Waals surface area contributed by atoms with E-state index in [9.17, 15) is 0 Å². The van der Waals surface area contributed by atoms with E-state index < -0.39 is 0 Å². The molecule has 1 saturated heterocycles. The Kier molecular flexibility index (Phi) is 6.76. The van der Waals surface area contributed by atoms with Gasteiger partial charge in [-0.2, -0.15) is 0 Å². The topological polar surface area (TPSA) is 101 Å². The smallest absolute Gasteiger partial charge is 0.227 e. The Hall–Kier alpha value is -4.08. The van der Waals surface area contributed by atoms with Gasteiger partial charge in [0.25, 0.3) is 0 Å². The summed E-state index contributed by atoms with van der Waals surface area (Å²) in [6.07, 6.45) is 10.5. The zero-order chi connectivity index (χ0) is 27.9. The van der Waals surface area contributed by atoms with Crippen molar-refractivity contribution in [1.82, 2.24) is 34.3 Å². The number of aryl methyl sites for hydroxylation is 1. The lowest BCUT2D eigenvalue weighted by molar-refractivity contribution is 0.0828. The van der Waals surface area contributed by atoms with Gasteiger partial charge in [-0.1, -0.05) is 24.3 Å². The largest absolute Gasteiger partial charge is 0.383 e. The summed E-state index contributed by atoms with van der Waals surface area (Å²) in [4.78, 5) is 23.4. The van der Waals surface area contributed by atoms with Crippen molar-refractivity contribution in [3.05, 3.63) is 66.7 Å². The van der Waals surface area contributed by atoms with Gasteiger partial charge in [0.15, 0.2) is 0 Å². The SMILES string of the molecule is Cc1cccc2nc(Nc3ccc(-c4cn([C@H]5CC[C@@H](N6CCN(C)CC6)CC5)c5ncnc(N)c45)cc3)ncc12. The van der Waals surface area contributed by atoms with Crippen LogP contribution in [0.3, 0.4) is 0 Å². The zero-order valence-electron chi connectivity index (χ0n) is 23.8. The van der Waals surface area contributed by atoms with E-state index in [1.807, 2.05) is 18.3 Å². The molecule has 5 aromatic rings. The molecule has 0 bridgehead atoms. The van der Waals surface area contributed by atoms with Crippen molar-refractivity contribution < 1.29 is 0 Å². The molecule has 7 rings (SSSR count). The summed E-state index contributed by atoms with van der Waals surface area (Å²) in [6, 6.07) is 15.6. The predicted molar refractivity (Wildman–Crippen MR) is 165 cm³/mol. The highest BCUT2D eigenvalue weighted by atomic mass is 15.3. The predicted octanol–water partition coefficient (Wildman–Crippen LogP) is 5.41. The third-order valence-corrected chi connectivity index (χ3v) is 9.05. The lowest BCUT2D eigenvalue weighted by Crippen LogP contribution is -2.49. The van der Waals surface area contributed by atoms with Gasteiger partial charge >= 0.3 is 0 Å². The minimum Gasteiger partial charge on any atom is -0.383 e. The highest BCUT2D eigenvalue weighted by Crippen LogP contribution is 2.39. The van der Waals surface area contributed by atoms with Crippen molar-refractivity contribution >= 4 is 39.4 Å². The maximum Gasteiger partial charge on any atom is 0.227 e. The van der Waals surface area contributed by atoms with Gasteiger partial charge in [-0.05, 0) is 69.0 Å². The van der Waals surface area contributed by atoms with Crippen LogP contribution in [0.15, 0.2) is 61.2 Å². The maximum absolute atomic E-state index is 6.45. The van der Waals surface area contributed by atoms with Crippen LogP contribution >= 0.6 is 0 Å². The lowest BCUT2D eigenvalue weighted by Gasteiger charge is -2.41. The van der Waals surface area contributed by atoms with E-state index in [1.165, 1.54) is 44.6 Å². The standard InChI is InChI=1S/C32H37N9/c1-21-4-3-5-28-26(21)18-34-32(38-28)37-23-8-6-22(7-9-23)27-19-41(31-29(27)30(33)35-20-36-31)25-12-10-24(11-13-25)40-16-14-39(2)15-17-40/h3-9,18-20,24-25H,10-17H2,1-2H3,(H2,33,35,36)(H,34,37,38)/t24-,25+. The van der Waals surface area contributed by atoms with Crippen molar-refractivity contribution in [1.29, 1.82) is 0 Å². The number of nitrogens with one attached hydrogen (secondary N) is 1. The van der Waals surface area contributed by atoms with Gasteiger partial charge in [0.2, 0.25) is 5.95 Å². The third kappa shape index (κ3) is 5.00. The number of piperazine rings is 1. The summed E-state index contributed by atoms with van der Waals surface area (Å²) in [5, 5.41) is 5.35. The number of nitrogen functional groups attached to an aromatic ring is 1. The van der Waals surface area contributed by atoms with Gasteiger partial charge < -0.3 is 20.5 Å². The highest BCUT2D eigenvalue weighted by Gasteiger charge is 2.30. The van der Waals surface area contributed by atoms with E-state index in [2.05, 4.69) is 80.2 Å². The maximum atomic E-state index is 6.45. The van der Waals surface area contributed by atoms with Crippen LogP contribution in [-0.2, 0) is 0 Å². The average molecular weight is 548 g/mol. The Labute approximate surface area is 240 Å². The van der Waals surface area contributed by atoms with Crippen LogP contribution in [0.5, 0.6) is 0 Å². The molecule has 0 amide bonds. The molecule has 9 heteroatoms. The first-order valence-electron chi connectivity index (χ1n) is 14.7. The molecule has 1 aliphatic heterocycles. The van der Waals surface area contributed by atoms with Gasteiger partial charge in [0.05, 0.1) is 10.9 Å². The second-order valence-electron chi connectivity index (χ2n) is 11.6. The number of nitrogens with two attached hydrogens (primary N) is 1. The number of likely N-dealkylation sites (N-methyl/N-ethyl adjacent to an activating group) is 1. The Morgan fingerprint density at radius 3 is 2.41 bits per heavy atom. The zero-order valence-corrected chi connectivity index (χ0v) is 23.8. The summed E-state index contributed by atoms with van der Waals surface area (Å²) < 4.78 is 2.36. The third-order valence-electron chi connectivity index (χ3n) is 9.05. The fourth-order valence-corrected chi connectivity index (χ4v) is 6.62. The summed E-state index contributed by atoms with van der Waals surface area (Å²) in [7, 11) is 2.22. The van der Waals surface area contributed by atoms with Crippen molar-refractivity contribution in [3.63, 3.8) is 0 Å². The molecule has 1 aliphatic carbocycles. The molecular formula is C32H37N9. The molecule has 0 spiro atoms. The normalized spacial score (nSPS) is 20.5. The van der Waals surface area contributed by atoms with E-state index in [1.54, 1.807) is 6.33 Å². The fraction of sp³-hybridized carbons (Fsp3) is 0.375. The summed E-state index contributed by atoms with van der Waals surface area (Å²) in [5.74, 6) is 1.11. The lowest BCUT2D eigenvalue weighted by atomic mass is 9.89. The van der Waals surface area contributed by atoms with Crippen LogP contribution in [0.4, 0.5) is 17.5 Å². The Balaban J connectivity index is 1.12. The van der Waals surface area contributed by atoms with Gasteiger partial charge in [-0.15, -0.1) is 0 Å². The van der Waals surface area contributed by atoms with Crippen LogP contribution in [0.2, 0.25) is 0 Å². The molecule has 4 heterocycles. The molecule has 3 aromatic heterocycles. The number of hydrogen-bond acceptors (Lipinski definition) is 8. The first-order chi connectivity index (χ1) is 20.0. The van der Waals surface area contributed by atoms with E-state index in [-0.39, 0.29) is 0 Å². The number of benzene rings is 2. The summed E-state index contributed by atoms with van der Waals surface area (Å²) >= 11 is 0. The Bertz CT molecular complexity index is 1680. The van der Waals surface area contributed by atoms with Gasteiger partial charge in [-0.3, -0.25) is 4.90 Å². The molecule has 2 fully saturated rings. The molecule has 0 radical (unpaired) electrons. The average Bonchev–Trinajstić information content (AvgIpc) is 3.39. The van der Waals surface area contributed by atoms with Gasteiger partial charge in [0.1, 0.15) is 17.8 Å². The molecule has 41 heavy (non-hydrogen) atoms. The van der Waals surface area contributed by atoms with Crippen LogP contribution < -0.4 is 11.1 Å². The second-order valence-corrected chi connectivity index (χ2v) is 11.6. The van der Waals surface area contributed by atoms with E-state index >= 15 is 0 Å². The van der Waals surface area contributed by atoms with Crippen LogP contribution in [0.1, 0.15) is 37.3 Å².